The third-order valence-corrected chi connectivity index (χ3v) is 7.45. The van der Waals surface area contributed by atoms with Crippen molar-refractivity contribution in [1.29, 1.82) is 0 Å². The van der Waals surface area contributed by atoms with Crippen LogP contribution in [0.15, 0.2) is 47.6 Å². The van der Waals surface area contributed by atoms with Crippen LogP contribution in [0.4, 0.5) is 5.69 Å². The zero-order chi connectivity index (χ0) is 25.7. The van der Waals surface area contributed by atoms with Gasteiger partial charge in [0, 0.05) is 49.9 Å². The molecule has 3 heterocycles. The van der Waals surface area contributed by atoms with Crippen molar-refractivity contribution >= 4 is 29.2 Å². The Hall–Kier alpha value is -3.79. The average Bonchev–Trinajstić information content (AvgIpc) is 3.26. The van der Waals surface area contributed by atoms with Crippen LogP contribution in [0.3, 0.4) is 0 Å². The van der Waals surface area contributed by atoms with Crippen LogP contribution >= 0.6 is 0 Å². The molecule has 0 spiro atoms. The molecular weight excluding hydrogens is 456 g/mol. The number of carbonyl (C=O) groups is 1. The fourth-order valence-electron chi connectivity index (χ4n) is 5.47. The first-order valence-electron chi connectivity index (χ1n) is 12.4. The molecule has 6 N–H and O–H groups in total. The summed E-state index contributed by atoms with van der Waals surface area (Å²) in [5, 5.41) is 10.7. The second kappa shape index (κ2) is 11.3. The standard InChI is InChI=1S/C25H34N8.CH2O2/c1-17-8-9-20-21(31(17)2)10-11-22-24(20)28-23(16-18-6-4-3-5-7-18)33(22)19-12-14-32(15-13-19)25(29-26)30-27;2-1-3/h3-7,10-11,17,19H,8-9,12-16,26-27H2,1-2H3,(H,29,30);1H,(H,2,3). The molecule has 10 nitrogen and oxygen atoms in total. The summed E-state index contributed by atoms with van der Waals surface area (Å²) in [4.78, 5) is 18.2. The van der Waals surface area contributed by atoms with Crippen LogP contribution in [0.25, 0.3) is 11.0 Å². The number of nitrogens with one attached hydrogen (secondary N) is 1. The number of benzene rings is 2. The highest BCUT2D eigenvalue weighted by Gasteiger charge is 2.29. The third-order valence-electron chi connectivity index (χ3n) is 7.45. The van der Waals surface area contributed by atoms with Gasteiger partial charge in [-0.3, -0.25) is 10.2 Å². The van der Waals surface area contributed by atoms with E-state index in [2.05, 4.69) is 81.3 Å². The smallest absolute Gasteiger partial charge is 0.290 e. The van der Waals surface area contributed by atoms with Gasteiger partial charge in [0.05, 0.1) is 11.0 Å². The summed E-state index contributed by atoms with van der Waals surface area (Å²) < 4.78 is 2.51. The minimum Gasteiger partial charge on any atom is -0.483 e. The molecular formula is C26H36N8O2. The van der Waals surface area contributed by atoms with Crippen LogP contribution in [0.2, 0.25) is 0 Å². The maximum atomic E-state index is 8.36. The van der Waals surface area contributed by atoms with Crippen LogP contribution in [0.5, 0.6) is 0 Å². The molecule has 0 bridgehead atoms. The first-order valence-corrected chi connectivity index (χ1v) is 12.4. The van der Waals surface area contributed by atoms with E-state index in [9.17, 15) is 0 Å². The van der Waals surface area contributed by atoms with Gasteiger partial charge in [-0.15, -0.1) is 5.10 Å². The SMILES string of the molecule is CC1CCc2c(ccc3c2nc(Cc2ccccc2)n3C2CCN(/C(=N/N)NN)CC2)N1C.O=CO. The van der Waals surface area contributed by atoms with E-state index in [1.54, 1.807) is 0 Å². The summed E-state index contributed by atoms with van der Waals surface area (Å²) in [6, 6.07) is 16.2. The molecule has 0 saturated carbocycles. The van der Waals surface area contributed by atoms with Crippen molar-refractivity contribution in [2.45, 2.75) is 51.1 Å². The Morgan fingerprint density at radius 3 is 2.53 bits per heavy atom. The monoisotopic (exact) mass is 492 g/mol. The quantitative estimate of drug-likeness (QED) is 0.144. The summed E-state index contributed by atoms with van der Waals surface area (Å²) in [5.74, 6) is 12.8. The molecule has 0 aliphatic carbocycles. The van der Waals surface area contributed by atoms with E-state index in [4.69, 9.17) is 26.6 Å². The highest BCUT2D eigenvalue weighted by molar-refractivity contribution is 5.86. The second-order valence-electron chi connectivity index (χ2n) is 9.41. The van der Waals surface area contributed by atoms with E-state index < -0.39 is 0 Å². The fourth-order valence-corrected chi connectivity index (χ4v) is 5.47. The molecule has 5 rings (SSSR count). The number of hydrazone groups is 1. The Bertz CT molecular complexity index is 1200. The molecule has 36 heavy (non-hydrogen) atoms. The number of imidazole rings is 1. The Morgan fingerprint density at radius 1 is 1.19 bits per heavy atom. The molecule has 3 aromatic rings. The lowest BCUT2D eigenvalue weighted by Gasteiger charge is -2.35. The van der Waals surface area contributed by atoms with Gasteiger partial charge in [0.15, 0.2) is 0 Å². The molecule has 10 heteroatoms. The van der Waals surface area contributed by atoms with E-state index >= 15 is 0 Å². The van der Waals surface area contributed by atoms with Crippen molar-refractivity contribution in [3.05, 3.63) is 59.4 Å². The number of guanidine groups is 1. The molecule has 1 fully saturated rings. The van der Waals surface area contributed by atoms with Crippen molar-refractivity contribution in [2.75, 3.05) is 25.0 Å². The normalized spacial score (nSPS) is 18.4. The molecule has 1 atom stereocenters. The molecule has 0 radical (unpaired) electrons. The van der Waals surface area contributed by atoms with E-state index in [0.29, 0.717) is 18.0 Å². The fraction of sp³-hybridized carbons (Fsp3) is 0.423. The second-order valence-corrected chi connectivity index (χ2v) is 9.41. The number of hydrogen-bond acceptors (Lipinski definition) is 6. The number of likely N-dealkylation sites (tertiary alicyclic amines) is 1. The van der Waals surface area contributed by atoms with Gasteiger partial charge in [-0.2, -0.15) is 0 Å². The minimum absolute atomic E-state index is 0.250. The largest absolute Gasteiger partial charge is 0.483 e. The highest BCUT2D eigenvalue weighted by Crippen LogP contribution is 2.38. The van der Waals surface area contributed by atoms with E-state index in [-0.39, 0.29) is 6.47 Å². The van der Waals surface area contributed by atoms with Gasteiger partial charge in [0.25, 0.3) is 6.47 Å². The molecule has 2 aromatic carbocycles. The zero-order valence-electron chi connectivity index (χ0n) is 21.0. The van der Waals surface area contributed by atoms with Crippen molar-refractivity contribution in [2.24, 2.45) is 16.8 Å². The average molecular weight is 493 g/mol. The molecule has 192 valence electrons. The summed E-state index contributed by atoms with van der Waals surface area (Å²) in [7, 11) is 2.20. The van der Waals surface area contributed by atoms with Gasteiger partial charge >= 0.3 is 0 Å². The predicted octanol–water partition coefficient (Wildman–Crippen LogP) is 2.43. The molecule has 1 aromatic heterocycles. The number of anilines is 1. The van der Waals surface area contributed by atoms with E-state index in [1.807, 2.05) is 0 Å². The summed E-state index contributed by atoms with van der Waals surface area (Å²) in [6.45, 7) is 3.75. The number of nitrogens with zero attached hydrogens (tertiary/aromatic N) is 5. The summed E-state index contributed by atoms with van der Waals surface area (Å²) in [6.07, 6.45) is 5.05. The maximum Gasteiger partial charge on any atom is 0.290 e. The van der Waals surface area contributed by atoms with Gasteiger partial charge in [-0.25, -0.2) is 10.8 Å². The Balaban J connectivity index is 0.000000967. The highest BCUT2D eigenvalue weighted by atomic mass is 16.3. The van der Waals surface area contributed by atoms with Crippen molar-refractivity contribution in [3.63, 3.8) is 0 Å². The van der Waals surface area contributed by atoms with Crippen LogP contribution < -0.4 is 22.0 Å². The van der Waals surface area contributed by atoms with Gasteiger partial charge in [0.2, 0.25) is 5.96 Å². The molecule has 1 unspecified atom stereocenters. The van der Waals surface area contributed by atoms with Crippen molar-refractivity contribution < 1.29 is 9.90 Å². The Kier molecular flexibility index (Phi) is 7.94. The van der Waals surface area contributed by atoms with E-state index in [0.717, 1.165) is 51.0 Å². The summed E-state index contributed by atoms with van der Waals surface area (Å²) in [5.41, 5.74) is 9.05. The maximum absolute atomic E-state index is 8.36. The predicted molar refractivity (Wildman–Crippen MR) is 143 cm³/mol. The van der Waals surface area contributed by atoms with E-state index in [1.165, 1.54) is 27.8 Å². The Labute approximate surface area is 211 Å². The number of carboxylic acid groups (broad SMARTS) is 1. The lowest BCUT2D eigenvalue weighted by atomic mass is 9.96. The number of aryl methyl sites for hydroxylation is 1. The molecule has 1 saturated heterocycles. The van der Waals surface area contributed by atoms with Crippen molar-refractivity contribution in [3.8, 4) is 0 Å². The zero-order valence-corrected chi connectivity index (χ0v) is 21.0. The lowest BCUT2D eigenvalue weighted by molar-refractivity contribution is -0.122. The number of nitrogens with two attached hydrogens (primary N) is 2. The molecule has 2 aliphatic heterocycles. The van der Waals surface area contributed by atoms with Gasteiger partial charge < -0.3 is 25.3 Å². The number of rotatable bonds is 3. The van der Waals surface area contributed by atoms with Gasteiger partial charge in [-0.1, -0.05) is 30.3 Å². The molecule has 0 amide bonds. The number of hydrogen-bond donors (Lipinski definition) is 4. The first kappa shape index (κ1) is 25.3. The van der Waals surface area contributed by atoms with Crippen LogP contribution in [-0.2, 0) is 17.6 Å². The lowest BCUT2D eigenvalue weighted by Crippen LogP contribution is -2.48. The third kappa shape index (κ3) is 4.94. The van der Waals surface area contributed by atoms with Gasteiger partial charge in [-0.05, 0) is 50.3 Å². The first-order chi connectivity index (χ1) is 17.5. The molecule has 2 aliphatic rings. The van der Waals surface area contributed by atoms with Crippen LogP contribution in [-0.4, -0.2) is 58.2 Å². The number of fused-ring (bicyclic) bond motifs is 3. The van der Waals surface area contributed by atoms with Crippen LogP contribution in [0, 0.1) is 0 Å². The van der Waals surface area contributed by atoms with Crippen molar-refractivity contribution in [1.82, 2.24) is 19.9 Å². The minimum atomic E-state index is -0.250. The Morgan fingerprint density at radius 2 is 1.89 bits per heavy atom. The van der Waals surface area contributed by atoms with Gasteiger partial charge in [0.1, 0.15) is 5.82 Å². The topological polar surface area (TPSA) is 138 Å². The number of piperidine rings is 1. The summed E-state index contributed by atoms with van der Waals surface area (Å²) >= 11 is 0. The number of aromatic nitrogens is 2. The number of hydrazine groups is 1. The van der Waals surface area contributed by atoms with Crippen LogP contribution in [0.1, 0.15) is 49.2 Å².